The van der Waals surface area contributed by atoms with Crippen molar-refractivity contribution in [3.05, 3.63) is 119 Å². The van der Waals surface area contributed by atoms with Gasteiger partial charge >= 0.3 is 0 Å². The topological polar surface area (TPSA) is 234 Å². The maximum absolute atomic E-state index is 12.7. The predicted octanol–water partition coefficient (Wildman–Crippen LogP) is 7.19. The Morgan fingerprint density at radius 2 is 1.42 bits per heavy atom. The first-order valence-electron chi connectivity index (χ1n) is 12.8. The van der Waals surface area contributed by atoms with E-state index in [-0.39, 0.29) is 4.90 Å². The lowest BCUT2D eigenvalue weighted by molar-refractivity contribution is 0.457. The molecule has 0 saturated carbocycles. The van der Waals surface area contributed by atoms with Crippen LogP contribution in [0.4, 0.5) is 23.2 Å². The molecule has 5 rings (SSSR count). The van der Waals surface area contributed by atoms with E-state index in [4.69, 9.17) is 38.1 Å². The fraction of sp³-hybridized carbons (Fsp3) is 0.0323. The molecule has 0 aliphatic rings. The highest BCUT2D eigenvalue weighted by Gasteiger charge is 2.25. The van der Waals surface area contributed by atoms with Crippen LogP contribution in [0.15, 0.2) is 77.8 Å². The van der Waals surface area contributed by atoms with Gasteiger partial charge in [-0.1, -0.05) is 41.1 Å². The van der Waals surface area contributed by atoms with Crippen molar-refractivity contribution in [1.29, 1.82) is 31.6 Å². The molecule has 2 aromatic heterocycles. The lowest BCUT2D eigenvalue weighted by atomic mass is 10.1. The SMILES string of the molecule is Cc1ccc(S(=O)(=O)C#N)cc1.N#CBr.N#CCl.N#COc1ccccn1.N#Cn1nnc2ccccc21.[C-]#[N+]c1c(F)c(F)c(C#N)c(F)c1F. The molecule has 260 valence electrons. The van der Waals surface area contributed by atoms with Crippen LogP contribution in [0.5, 0.6) is 5.88 Å². The Morgan fingerprint density at radius 1 is 0.885 bits per heavy atom. The number of rotatable bonds is 2. The smallest absolute Gasteiger partial charge is 0.293 e. The Hall–Kier alpha value is -7.12. The fourth-order valence-corrected chi connectivity index (χ4v) is 3.58. The number of nitrogens with zero attached hydrogens (tertiary/aromatic N) is 11. The summed E-state index contributed by atoms with van der Waals surface area (Å²) in [6.45, 7) is 8.12. The molecule has 5 aromatic rings. The summed E-state index contributed by atoms with van der Waals surface area (Å²) in [6, 6.07) is 19.6. The van der Waals surface area contributed by atoms with Gasteiger partial charge in [-0.05, 0) is 37.3 Å². The second kappa shape index (κ2) is 24.1. The van der Waals surface area contributed by atoms with Gasteiger partial charge in [0.25, 0.3) is 21.8 Å². The fourth-order valence-electron chi connectivity index (χ4n) is 2.98. The molecule has 0 spiro atoms. The molecule has 0 atom stereocenters. The molecule has 14 nitrogen and oxygen atoms in total. The summed E-state index contributed by atoms with van der Waals surface area (Å²) in [5.74, 6) is -7.07. The van der Waals surface area contributed by atoms with Crippen molar-refractivity contribution in [3.63, 3.8) is 0 Å². The van der Waals surface area contributed by atoms with Crippen molar-refractivity contribution in [2.24, 2.45) is 0 Å². The third-order valence-corrected chi connectivity index (χ3v) is 6.28. The van der Waals surface area contributed by atoms with E-state index in [1.807, 2.05) is 31.3 Å². The third kappa shape index (κ3) is 14.2. The summed E-state index contributed by atoms with van der Waals surface area (Å²) in [6.07, 6.45) is 4.98. The van der Waals surface area contributed by atoms with Crippen molar-refractivity contribution in [1.82, 2.24) is 20.0 Å². The standard InChI is InChI=1S/C8F4N2.C8H7NO2S.C7H4N4.C6H4N2O.CBrN.CClN/c1-14-8-6(11)4(9)3(2-13)5(10)7(8)12;1-7-2-4-8(5-3-7)12(10,11)6-9;8-5-11-7-4-2-1-3-6(7)9-10-11;7-5-9-6-3-1-2-4-8-6;2*2-1-3/h;2-5H,1H3;1-4H;1-4H;;. The van der Waals surface area contributed by atoms with Gasteiger partial charge in [-0.3, -0.25) is 0 Å². The largest absolute Gasteiger partial charge is 0.367 e. The van der Waals surface area contributed by atoms with E-state index < -0.39 is 44.4 Å². The van der Waals surface area contributed by atoms with Crippen LogP contribution < -0.4 is 4.74 Å². The van der Waals surface area contributed by atoms with Crippen molar-refractivity contribution < 1.29 is 30.7 Å². The second-order valence-electron chi connectivity index (χ2n) is 8.23. The number of ether oxygens (including phenoxy) is 1. The highest BCUT2D eigenvalue weighted by molar-refractivity contribution is 9.12. The van der Waals surface area contributed by atoms with E-state index in [1.165, 1.54) is 34.0 Å². The van der Waals surface area contributed by atoms with Gasteiger partial charge in [0.15, 0.2) is 34.2 Å². The summed E-state index contributed by atoms with van der Waals surface area (Å²) in [5.41, 5.74) is 0.919. The monoisotopic (exact) mass is 811 g/mol. The Bertz CT molecular complexity index is 2290. The number of hydrogen-bond donors (Lipinski definition) is 0. The summed E-state index contributed by atoms with van der Waals surface area (Å²) in [4.78, 5) is 7.62. The molecule has 3 aromatic carbocycles. The van der Waals surface area contributed by atoms with Crippen molar-refractivity contribution in [2.75, 3.05) is 0 Å². The van der Waals surface area contributed by atoms with Crippen molar-refractivity contribution in [2.45, 2.75) is 11.8 Å². The van der Waals surface area contributed by atoms with Crippen LogP contribution >= 0.6 is 27.5 Å². The summed E-state index contributed by atoms with van der Waals surface area (Å²) in [7, 11) is -3.71. The van der Waals surface area contributed by atoms with Crippen LogP contribution in [-0.2, 0) is 9.84 Å². The first-order chi connectivity index (χ1) is 24.8. The minimum Gasteiger partial charge on any atom is -0.367 e. The quantitative estimate of drug-likeness (QED) is 0.0566. The maximum atomic E-state index is 12.7. The molecule has 0 saturated heterocycles. The van der Waals surface area contributed by atoms with Crippen molar-refractivity contribution in [3.8, 4) is 40.3 Å². The Morgan fingerprint density at radius 3 is 1.87 bits per heavy atom. The number of halogens is 6. The molecule has 0 aliphatic carbocycles. The van der Waals surface area contributed by atoms with Crippen LogP contribution in [0.3, 0.4) is 0 Å². The molecule has 0 bridgehead atoms. The molecular weight excluding hydrogens is 798 g/mol. The number of pyridine rings is 1. The van der Waals surface area contributed by atoms with Gasteiger partial charge in [-0.15, -0.1) is 15.0 Å². The molecular formula is C31H15BrClF4N11O3S. The normalized spacial score (nSPS) is 8.69. The molecule has 0 fully saturated rings. The van der Waals surface area contributed by atoms with Gasteiger partial charge in [0.2, 0.25) is 12.1 Å². The maximum Gasteiger partial charge on any atom is 0.293 e. The highest BCUT2D eigenvalue weighted by atomic mass is 79.9. The van der Waals surface area contributed by atoms with E-state index in [9.17, 15) is 26.0 Å². The zero-order valence-electron chi connectivity index (χ0n) is 25.7. The van der Waals surface area contributed by atoms with E-state index >= 15 is 0 Å². The summed E-state index contributed by atoms with van der Waals surface area (Å²) < 4.78 is 78.5. The molecule has 2 heterocycles. The van der Waals surface area contributed by atoms with Crippen LogP contribution in [0.1, 0.15) is 11.1 Å². The molecule has 0 aliphatic heterocycles. The van der Waals surface area contributed by atoms with E-state index in [0.717, 1.165) is 22.7 Å². The number of aryl methyl sites for hydroxylation is 1. The van der Waals surface area contributed by atoms with Gasteiger partial charge in [-0.25, -0.2) is 35.8 Å². The lowest BCUT2D eigenvalue weighted by Crippen LogP contribution is -1.99. The third-order valence-electron chi connectivity index (χ3n) is 5.15. The van der Waals surface area contributed by atoms with Gasteiger partial charge in [-0.2, -0.15) is 26.3 Å². The van der Waals surface area contributed by atoms with Crippen LogP contribution in [0.25, 0.3) is 15.9 Å². The summed E-state index contributed by atoms with van der Waals surface area (Å²) >= 11 is 6.76. The van der Waals surface area contributed by atoms with Gasteiger partial charge in [0.05, 0.1) is 11.5 Å². The summed E-state index contributed by atoms with van der Waals surface area (Å²) in [5, 5.41) is 56.0. The van der Waals surface area contributed by atoms with Crippen LogP contribution in [0.2, 0.25) is 0 Å². The second-order valence-corrected chi connectivity index (χ2v) is 10.4. The van der Waals surface area contributed by atoms with Crippen molar-refractivity contribution >= 4 is 54.1 Å². The Balaban J connectivity index is 0.000000639. The molecule has 21 heteroatoms. The Labute approximate surface area is 306 Å². The zero-order chi connectivity index (χ0) is 39.7. The average molecular weight is 813 g/mol. The minimum atomic E-state index is -3.71. The number of para-hydroxylation sites is 1. The number of benzene rings is 3. The first kappa shape index (κ1) is 44.9. The predicted molar refractivity (Wildman–Crippen MR) is 176 cm³/mol. The van der Waals surface area contributed by atoms with Gasteiger partial charge in [0, 0.05) is 39.8 Å². The number of hydrogen-bond acceptors (Lipinski definition) is 12. The van der Waals surface area contributed by atoms with Crippen LogP contribution in [-0.4, -0.2) is 28.4 Å². The number of fused-ring (bicyclic) bond motifs is 1. The van der Waals surface area contributed by atoms with E-state index in [1.54, 1.807) is 47.6 Å². The zero-order valence-corrected chi connectivity index (χ0v) is 28.9. The minimum absolute atomic E-state index is 0.0515. The molecule has 0 unspecified atom stereocenters. The first-order valence-corrected chi connectivity index (χ1v) is 15.5. The molecule has 52 heavy (non-hydrogen) atoms. The Kier molecular flexibility index (Phi) is 20.8. The highest BCUT2D eigenvalue weighted by Crippen LogP contribution is 2.29. The molecule has 0 amide bonds. The number of nitriles is 6. The van der Waals surface area contributed by atoms with E-state index in [2.05, 4.69) is 52.4 Å². The molecule has 0 N–H and O–H groups in total. The van der Waals surface area contributed by atoms with Crippen LogP contribution in [0, 0.1) is 103 Å². The van der Waals surface area contributed by atoms with Gasteiger partial charge in [0.1, 0.15) is 27.6 Å². The van der Waals surface area contributed by atoms with E-state index in [0.29, 0.717) is 5.88 Å². The average Bonchev–Trinajstić information content (AvgIpc) is 3.57. The number of thiocyanates is 1. The van der Waals surface area contributed by atoms with Gasteiger partial charge < -0.3 is 4.74 Å². The molecule has 0 radical (unpaired) electrons. The number of sulfone groups is 1. The lowest BCUT2D eigenvalue weighted by Gasteiger charge is -2.01. The number of aromatic nitrogens is 4.